The molecular weight excluding hydrogens is 382 g/mol. The summed E-state index contributed by atoms with van der Waals surface area (Å²) in [7, 11) is -1.41. The molecule has 138 valence electrons. The zero-order valence-corrected chi connectivity index (χ0v) is 14.9. The van der Waals surface area contributed by atoms with E-state index in [1.165, 1.54) is 16.4 Å². The van der Waals surface area contributed by atoms with Gasteiger partial charge in [-0.05, 0) is 5.57 Å². The highest BCUT2D eigenvalue weighted by Crippen LogP contribution is 2.34. The lowest BCUT2D eigenvalue weighted by Crippen LogP contribution is -2.70. The van der Waals surface area contributed by atoms with Crippen LogP contribution in [0.5, 0.6) is 0 Å². The van der Waals surface area contributed by atoms with E-state index in [1.54, 1.807) is 0 Å². The third-order valence-electron chi connectivity index (χ3n) is 4.05. The minimum atomic E-state index is -1.41. The lowest BCUT2D eigenvalue weighted by atomic mass is 10.0. The maximum Gasteiger partial charge on any atom is 0.352 e. The van der Waals surface area contributed by atoms with Crippen molar-refractivity contribution in [2.24, 2.45) is 5.16 Å². The summed E-state index contributed by atoms with van der Waals surface area (Å²) in [5.74, 6) is -1.81. The number of oxime groups is 1. The number of thiazole rings is 1. The number of anilines is 1. The molecule has 10 nitrogen and oxygen atoms in total. The fourth-order valence-electron chi connectivity index (χ4n) is 2.90. The second-order valence-corrected chi connectivity index (χ2v) is 7.97. The van der Waals surface area contributed by atoms with Crippen LogP contribution < -0.4 is 11.1 Å². The van der Waals surface area contributed by atoms with E-state index in [0.717, 1.165) is 11.3 Å². The number of nitrogens with two attached hydrogens (primary N) is 1. The van der Waals surface area contributed by atoms with Gasteiger partial charge in [0.2, 0.25) is 0 Å². The number of carbonyl (C=O) groups excluding carboxylic acids is 1. The Kier molecular flexibility index (Phi) is 4.78. The molecule has 0 spiro atoms. The van der Waals surface area contributed by atoms with E-state index in [1.807, 2.05) is 0 Å². The molecule has 0 radical (unpaired) electrons. The Morgan fingerprint density at radius 3 is 2.85 bits per heavy atom. The van der Waals surface area contributed by atoms with Gasteiger partial charge in [0.25, 0.3) is 5.91 Å². The van der Waals surface area contributed by atoms with E-state index >= 15 is 0 Å². The molecule has 12 heteroatoms. The number of aromatic nitrogens is 1. The van der Waals surface area contributed by atoms with Crippen LogP contribution in [0.1, 0.15) is 5.69 Å². The summed E-state index contributed by atoms with van der Waals surface area (Å²) in [6.07, 6.45) is 1.38. The Morgan fingerprint density at radius 2 is 2.31 bits per heavy atom. The Bertz CT molecular complexity index is 877. The summed E-state index contributed by atoms with van der Waals surface area (Å²) >= 11 is 1.09. The Hall–Kier alpha value is -2.73. The van der Waals surface area contributed by atoms with Crippen LogP contribution >= 0.6 is 11.3 Å². The van der Waals surface area contributed by atoms with E-state index in [0.29, 0.717) is 5.57 Å². The standard InChI is InChI=1S/C14H15N5O5S2/c1-2-6-5-26(24)12-7(3-19(12)10(6)13(21)22)16-11(20)9(18-23)8-4-25-14(15)17-8/h2,4,7,12,23H,1,3,5H2,(H2,15,17)(H,16,20)(H,21,22)/b18-9-/t7-,12+,26?/m0/s1. The summed E-state index contributed by atoms with van der Waals surface area (Å²) in [5, 5.41) is 25.1. The van der Waals surface area contributed by atoms with Crippen molar-refractivity contribution in [3.8, 4) is 0 Å². The van der Waals surface area contributed by atoms with Crippen LogP contribution in [0, 0.1) is 0 Å². The van der Waals surface area contributed by atoms with Crippen molar-refractivity contribution < 1.29 is 24.1 Å². The molecule has 1 aromatic heterocycles. The van der Waals surface area contributed by atoms with E-state index in [9.17, 15) is 18.9 Å². The highest BCUT2D eigenvalue weighted by molar-refractivity contribution is 7.86. The highest BCUT2D eigenvalue weighted by Gasteiger charge is 2.50. The first kappa shape index (κ1) is 18.1. The summed E-state index contributed by atoms with van der Waals surface area (Å²) < 4.78 is 12.4. The fourth-order valence-corrected chi connectivity index (χ4v) is 5.17. The Labute approximate surface area is 154 Å². The van der Waals surface area contributed by atoms with Gasteiger partial charge in [0.15, 0.2) is 10.8 Å². The third kappa shape index (κ3) is 2.97. The van der Waals surface area contributed by atoms with Crippen LogP contribution in [0.2, 0.25) is 0 Å². The van der Waals surface area contributed by atoms with E-state index in [4.69, 9.17) is 10.9 Å². The molecule has 0 bridgehead atoms. The molecule has 1 unspecified atom stereocenters. The van der Waals surface area contributed by atoms with Crippen molar-refractivity contribution in [3.63, 3.8) is 0 Å². The van der Waals surface area contributed by atoms with Crippen LogP contribution in [0.4, 0.5) is 5.13 Å². The summed E-state index contributed by atoms with van der Waals surface area (Å²) in [6.45, 7) is 3.73. The Morgan fingerprint density at radius 1 is 1.58 bits per heavy atom. The second-order valence-electron chi connectivity index (χ2n) is 5.55. The van der Waals surface area contributed by atoms with Crippen molar-refractivity contribution >= 4 is 44.9 Å². The zero-order chi connectivity index (χ0) is 19.0. The minimum absolute atomic E-state index is 0.0402. The van der Waals surface area contributed by atoms with Crippen LogP contribution in [0.15, 0.2) is 34.5 Å². The lowest BCUT2D eigenvalue weighted by molar-refractivity contribution is -0.135. The molecule has 3 atom stereocenters. The number of carbonyl (C=O) groups is 2. The lowest BCUT2D eigenvalue weighted by Gasteiger charge is -2.51. The highest BCUT2D eigenvalue weighted by atomic mass is 32.2. The molecule has 1 amide bonds. The van der Waals surface area contributed by atoms with Gasteiger partial charge in [-0.15, -0.1) is 11.3 Å². The number of hydrogen-bond acceptors (Lipinski definition) is 9. The van der Waals surface area contributed by atoms with Crippen LogP contribution in [0.3, 0.4) is 0 Å². The smallest absolute Gasteiger partial charge is 0.352 e. The quantitative estimate of drug-likeness (QED) is 0.289. The van der Waals surface area contributed by atoms with Crippen LogP contribution in [0.25, 0.3) is 0 Å². The number of carboxylic acids is 1. The molecule has 0 saturated carbocycles. The number of rotatable bonds is 5. The van der Waals surface area contributed by atoms with Crippen molar-refractivity contribution in [1.29, 1.82) is 0 Å². The number of allylic oxidation sites excluding steroid dienone is 1. The van der Waals surface area contributed by atoms with Gasteiger partial charge in [-0.3, -0.25) is 9.00 Å². The maximum atomic E-state index is 12.4. The van der Waals surface area contributed by atoms with Crippen molar-refractivity contribution in [1.82, 2.24) is 15.2 Å². The topological polar surface area (TPSA) is 158 Å². The number of fused-ring (bicyclic) bond motifs is 1. The Balaban J connectivity index is 1.77. The van der Waals surface area contributed by atoms with Gasteiger partial charge in [0.05, 0.1) is 22.6 Å². The number of hydrogen-bond donors (Lipinski definition) is 4. The average molecular weight is 397 g/mol. The van der Waals surface area contributed by atoms with Gasteiger partial charge < -0.3 is 26.3 Å². The van der Waals surface area contributed by atoms with Gasteiger partial charge >= 0.3 is 5.97 Å². The molecule has 1 saturated heterocycles. The molecule has 3 rings (SSSR count). The second kappa shape index (κ2) is 6.88. The van der Waals surface area contributed by atoms with Gasteiger partial charge in [0.1, 0.15) is 16.8 Å². The molecule has 1 fully saturated rings. The van der Waals surface area contributed by atoms with Gasteiger partial charge in [-0.2, -0.15) is 0 Å². The maximum absolute atomic E-state index is 12.4. The minimum Gasteiger partial charge on any atom is -0.477 e. The van der Waals surface area contributed by atoms with Gasteiger partial charge in [-0.25, -0.2) is 9.78 Å². The van der Waals surface area contributed by atoms with Crippen LogP contribution in [-0.2, 0) is 20.4 Å². The zero-order valence-electron chi connectivity index (χ0n) is 13.3. The number of amides is 1. The normalized spacial score (nSPS) is 25.3. The molecular formula is C14H15N5O5S2. The first-order valence-electron chi connectivity index (χ1n) is 7.34. The monoisotopic (exact) mass is 397 g/mol. The van der Waals surface area contributed by atoms with Crippen molar-refractivity contribution in [3.05, 3.63) is 35.0 Å². The molecule has 3 heterocycles. The van der Waals surface area contributed by atoms with E-state index in [2.05, 4.69) is 22.0 Å². The molecule has 0 aromatic carbocycles. The average Bonchev–Trinajstić information content (AvgIpc) is 2.98. The van der Waals surface area contributed by atoms with Crippen LogP contribution in [-0.4, -0.2) is 65.7 Å². The summed E-state index contributed by atoms with van der Waals surface area (Å²) in [6, 6.07) is -0.559. The van der Waals surface area contributed by atoms with Crippen molar-refractivity contribution in [2.75, 3.05) is 18.0 Å². The SMILES string of the molecule is C=CC1=C(C(=O)O)N2C[C@H](NC(=O)/C(=N\O)c3csc(N)n3)[C@H]2S(=O)C1. The summed E-state index contributed by atoms with van der Waals surface area (Å²) in [4.78, 5) is 29.2. The number of nitrogens with one attached hydrogen (secondary N) is 1. The molecule has 5 N–H and O–H groups in total. The van der Waals surface area contributed by atoms with E-state index in [-0.39, 0.29) is 34.5 Å². The molecule has 2 aliphatic rings. The number of nitrogens with zero attached hydrogens (tertiary/aromatic N) is 3. The molecule has 26 heavy (non-hydrogen) atoms. The fraction of sp³-hybridized carbons (Fsp3) is 0.286. The largest absolute Gasteiger partial charge is 0.477 e. The first-order valence-corrected chi connectivity index (χ1v) is 9.60. The summed E-state index contributed by atoms with van der Waals surface area (Å²) in [5.41, 5.74) is 5.74. The predicted molar refractivity (Wildman–Crippen MR) is 95.1 cm³/mol. The molecule has 2 aliphatic heterocycles. The van der Waals surface area contributed by atoms with Gasteiger partial charge in [0, 0.05) is 11.9 Å². The molecule has 0 aliphatic carbocycles. The number of carboxylic acid groups (broad SMARTS) is 1. The number of nitrogen functional groups attached to an aromatic ring is 1. The van der Waals surface area contributed by atoms with Gasteiger partial charge in [-0.1, -0.05) is 17.8 Å². The first-order chi connectivity index (χ1) is 12.4. The molecule has 1 aromatic rings. The third-order valence-corrected chi connectivity index (χ3v) is 6.44. The number of aliphatic carboxylic acids is 1. The van der Waals surface area contributed by atoms with Crippen molar-refractivity contribution in [2.45, 2.75) is 11.4 Å². The predicted octanol–water partition coefficient (Wildman–Crippen LogP) is -0.683. The van der Waals surface area contributed by atoms with E-state index < -0.39 is 34.1 Å².